The molecule has 0 aliphatic carbocycles. The Kier molecular flexibility index (Phi) is 5.54. The first-order chi connectivity index (χ1) is 8.93. The third-order valence-corrected chi connectivity index (χ3v) is 4.80. The molecule has 0 aliphatic heterocycles. The molecule has 0 fully saturated rings. The van der Waals surface area contributed by atoms with Crippen LogP contribution in [-0.4, -0.2) is 31.8 Å². The maximum absolute atomic E-state index is 12.0. The van der Waals surface area contributed by atoms with Crippen molar-refractivity contribution in [2.75, 3.05) is 13.2 Å². The number of furan rings is 1. The van der Waals surface area contributed by atoms with Gasteiger partial charge in [0.25, 0.3) is 10.0 Å². The minimum Gasteiger partial charge on any atom is -0.446 e. The second-order valence-corrected chi connectivity index (χ2v) is 6.27. The summed E-state index contributed by atoms with van der Waals surface area (Å²) in [5, 5.41) is 18.0. The van der Waals surface area contributed by atoms with E-state index in [-0.39, 0.29) is 30.6 Å². The van der Waals surface area contributed by atoms with E-state index in [1.54, 1.807) is 0 Å². The lowest BCUT2D eigenvalue weighted by atomic mass is 9.84. The Labute approximate surface area is 113 Å². The SMILES string of the molecule is CCC(CC)(CO)CNS(=O)(=O)c1ccc(CO)o1. The highest BCUT2D eigenvalue weighted by atomic mass is 32.2. The van der Waals surface area contributed by atoms with Crippen LogP contribution in [0.3, 0.4) is 0 Å². The first-order valence-corrected chi connectivity index (χ1v) is 7.71. The Bertz CT molecular complexity index is 482. The van der Waals surface area contributed by atoms with Crippen LogP contribution in [0.4, 0.5) is 0 Å². The van der Waals surface area contributed by atoms with Crippen LogP contribution in [0.5, 0.6) is 0 Å². The van der Waals surface area contributed by atoms with E-state index in [0.717, 1.165) is 0 Å². The largest absolute Gasteiger partial charge is 0.446 e. The number of sulfonamides is 1. The standard InChI is InChI=1S/C12H21NO5S/c1-3-12(4-2,9-15)8-13-19(16,17)11-6-5-10(7-14)18-11/h5-6,13-15H,3-4,7-9H2,1-2H3. The fourth-order valence-corrected chi connectivity index (χ4v) is 2.79. The molecule has 6 nitrogen and oxygen atoms in total. The van der Waals surface area contributed by atoms with Crippen molar-refractivity contribution < 1.29 is 23.0 Å². The van der Waals surface area contributed by atoms with Gasteiger partial charge in [-0.15, -0.1) is 0 Å². The molecule has 0 spiro atoms. The van der Waals surface area contributed by atoms with E-state index in [9.17, 15) is 13.5 Å². The van der Waals surface area contributed by atoms with Gasteiger partial charge < -0.3 is 14.6 Å². The summed E-state index contributed by atoms with van der Waals surface area (Å²) >= 11 is 0. The highest BCUT2D eigenvalue weighted by Crippen LogP contribution is 2.25. The molecular formula is C12H21NO5S. The Balaban J connectivity index is 2.80. The molecule has 3 N–H and O–H groups in total. The van der Waals surface area contributed by atoms with Gasteiger partial charge in [-0.3, -0.25) is 0 Å². The molecule has 1 aromatic rings. The third-order valence-electron chi connectivity index (χ3n) is 3.53. The topological polar surface area (TPSA) is 99.8 Å². The zero-order chi connectivity index (χ0) is 14.5. The lowest BCUT2D eigenvalue weighted by molar-refractivity contribution is 0.119. The predicted octanol–water partition coefficient (Wildman–Crippen LogP) is 0.849. The van der Waals surface area contributed by atoms with Crippen LogP contribution in [0.2, 0.25) is 0 Å². The summed E-state index contributed by atoms with van der Waals surface area (Å²) in [6.45, 7) is 3.53. The van der Waals surface area contributed by atoms with Gasteiger partial charge in [0.2, 0.25) is 5.09 Å². The second-order valence-electron chi connectivity index (χ2n) is 4.57. The molecule has 0 atom stereocenters. The second kappa shape index (κ2) is 6.51. The fourth-order valence-electron chi connectivity index (χ4n) is 1.69. The van der Waals surface area contributed by atoms with Crippen LogP contribution in [0.25, 0.3) is 0 Å². The van der Waals surface area contributed by atoms with Gasteiger partial charge in [-0.25, -0.2) is 13.1 Å². The van der Waals surface area contributed by atoms with Crippen molar-refractivity contribution in [3.63, 3.8) is 0 Å². The summed E-state index contributed by atoms with van der Waals surface area (Å²) in [5.74, 6) is 0.194. The third kappa shape index (κ3) is 3.79. The summed E-state index contributed by atoms with van der Waals surface area (Å²) in [4.78, 5) is 0. The lowest BCUT2D eigenvalue weighted by Crippen LogP contribution is -2.39. The summed E-state index contributed by atoms with van der Waals surface area (Å²) in [6.07, 6.45) is 1.34. The van der Waals surface area contributed by atoms with Gasteiger partial charge in [-0.05, 0) is 25.0 Å². The maximum Gasteiger partial charge on any atom is 0.273 e. The summed E-state index contributed by atoms with van der Waals surface area (Å²) in [7, 11) is -3.75. The average Bonchev–Trinajstić information content (AvgIpc) is 2.90. The molecule has 0 unspecified atom stereocenters. The van der Waals surface area contributed by atoms with E-state index in [2.05, 4.69) is 4.72 Å². The van der Waals surface area contributed by atoms with Crippen molar-refractivity contribution >= 4 is 10.0 Å². The molecule has 1 aromatic heterocycles. The van der Waals surface area contributed by atoms with Gasteiger partial charge >= 0.3 is 0 Å². The molecule has 0 aliphatic rings. The number of hydrogen-bond donors (Lipinski definition) is 3. The molecule has 0 amide bonds. The molecule has 1 heterocycles. The zero-order valence-corrected chi connectivity index (χ0v) is 12.0. The number of nitrogens with one attached hydrogen (secondary N) is 1. The van der Waals surface area contributed by atoms with Gasteiger partial charge in [0.15, 0.2) is 0 Å². The Morgan fingerprint density at radius 1 is 1.26 bits per heavy atom. The van der Waals surface area contributed by atoms with E-state index in [1.165, 1.54) is 12.1 Å². The van der Waals surface area contributed by atoms with E-state index in [1.807, 2.05) is 13.8 Å². The van der Waals surface area contributed by atoms with Crippen LogP contribution in [0, 0.1) is 5.41 Å². The number of rotatable bonds is 8. The highest BCUT2D eigenvalue weighted by Gasteiger charge is 2.28. The molecule has 0 saturated carbocycles. The van der Waals surface area contributed by atoms with E-state index in [0.29, 0.717) is 12.8 Å². The Morgan fingerprint density at radius 2 is 1.89 bits per heavy atom. The average molecular weight is 291 g/mol. The smallest absolute Gasteiger partial charge is 0.273 e. The summed E-state index contributed by atoms with van der Waals surface area (Å²) < 4.78 is 31.4. The zero-order valence-electron chi connectivity index (χ0n) is 11.2. The number of aliphatic hydroxyl groups is 2. The maximum atomic E-state index is 12.0. The van der Waals surface area contributed by atoms with Crippen LogP contribution in [0.15, 0.2) is 21.6 Å². The lowest BCUT2D eigenvalue weighted by Gasteiger charge is -2.29. The van der Waals surface area contributed by atoms with E-state index < -0.39 is 15.4 Å². The van der Waals surface area contributed by atoms with Gasteiger partial charge in [-0.1, -0.05) is 13.8 Å². The van der Waals surface area contributed by atoms with Gasteiger partial charge in [0.1, 0.15) is 12.4 Å². The molecular weight excluding hydrogens is 270 g/mol. The predicted molar refractivity (Wildman–Crippen MR) is 69.9 cm³/mol. The molecule has 19 heavy (non-hydrogen) atoms. The van der Waals surface area contributed by atoms with Crippen molar-refractivity contribution in [2.45, 2.75) is 38.4 Å². The van der Waals surface area contributed by atoms with Gasteiger partial charge in [0, 0.05) is 18.6 Å². The van der Waals surface area contributed by atoms with Crippen molar-refractivity contribution in [2.24, 2.45) is 5.41 Å². The van der Waals surface area contributed by atoms with Crippen molar-refractivity contribution in [3.8, 4) is 0 Å². The normalized spacial score (nSPS) is 12.8. The molecule has 0 bridgehead atoms. The molecule has 0 saturated heterocycles. The molecule has 1 rings (SSSR count). The number of aliphatic hydroxyl groups excluding tert-OH is 2. The molecule has 0 radical (unpaired) electrons. The van der Waals surface area contributed by atoms with Gasteiger partial charge in [0.05, 0.1) is 0 Å². The highest BCUT2D eigenvalue weighted by molar-refractivity contribution is 7.89. The number of hydrogen-bond acceptors (Lipinski definition) is 5. The Morgan fingerprint density at radius 3 is 2.32 bits per heavy atom. The quantitative estimate of drug-likeness (QED) is 0.659. The molecule has 110 valence electrons. The van der Waals surface area contributed by atoms with Crippen molar-refractivity contribution in [1.29, 1.82) is 0 Å². The Hall–Kier alpha value is -0.890. The van der Waals surface area contributed by atoms with Crippen molar-refractivity contribution in [1.82, 2.24) is 4.72 Å². The van der Waals surface area contributed by atoms with E-state index in [4.69, 9.17) is 9.52 Å². The first kappa shape index (κ1) is 16.2. The first-order valence-electron chi connectivity index (χ1n) is 6.23. The van der Waals surface area contributed by atoms with Crippen LogP contribution in [0.1, 0.15) is 32.4 Å². The molecule has 7 heteroatoms. The minimum absolute atomic E-state index is 0.0808. The van der Waals surface area contributed by atoms with Gasteiger partial charge in [-0.2, -0.15) is 0 Å². The molecule has 0 aromatic carbocycles. The van der Waals surface area contributed by atoms with Crippen LogP contribution >= 0.6 is 0 Å². The fraction of sp³-hybridized carbons (Fsp3) is 0.667. The van der Waals surface area contributed by atoms with Crippen molar-refractivity contribution in [3.05, 3.63) is 17.9 Å². The monoisotopic (exact) mass is 291 g/mol. The van der Waals surface area contributed by atoms with Crippen LogP contribution in [-0.2, 0) is 16.6 Å². The minimum atomic E-state index is -3.75. The summed E-state index contributed by atoms with van der Waals surface area (Å²) in [6, 6.07) is 2.71. The van der Waals surface area contributed by atoms with E-state index >= 15 is 0 Å². The summed E-state index contributed by atoms with van der Waals surface area (Å²) in [5.41, 5.74) is -0.459. The van der Waals surface area contributed by atoms with Crippen LogP contribution < -0.4 is 4.72 Å².